The summed E-state index contributed by atoms with van der Waals surface area (Å²) in [4.78, 5) is 115. The monoisotopic (exact) mass is 1620 g/mol. The smallest absolute Gasteiger partial charge is 0.336 e. The minimum absolute atomic E-state index is 0.229. The molecule has 118 heavy (non-hydrogen) atoms. The van der Waals surface area contributed by atoms with Gasteiger partial charge in [-0.2, -0.15) is 0 Å². The molecule has 5 aromatic carbocycles. The fourth-order valence-corrected chi connectivity index (χ4v) is 13.3. The second-order valence-corrected chi connectivity index (χ2v) is 30.1. The predicted molar refractivity (Wildman–Crippen MR) is 468 cm³/mol. The molecule has 0 fully saturated rings. The number of fused-ring (bicyclic) bond motifs is 5. The number of esters is 5. The fourth-order valence-electron chi connectivity index (χ4n) is 13.3. The number of allylic oxidation sites excluding steroid dienone is 2. The first-order chi connectivity index (χ1) is 57.0. The summed E-state index contributed by atoms with van der Waals surface area (Å²) in [6.07, 6.45) is 44.1. The second kappa shape index (κ2) is 54.3. The molecule has 10 aromatic rings. The largest absolute Gasteiger partial charge is 0.426 e. The number of ether oxygens (including phenoxy) is 5. The third-order valence-electron chi connectivity index (χ3n) is 19.9. The molecule has 0 radical (unpaired) electrons. The van der Waals surface area contributed by atoms with E-state index in [0.29, 0.717) is 88.8 Å². The highest BCUT2D eigenvalue weighted by Crippen LogP contribution is 2.29. The van der Waals surface area contributed by atoms with Crippen LogP contribution >= 0.6 is 0 Å². The molecule has 0 spiro atoms. The fraction of sp³-hybridized carbons (Fsp3) is 0.469. The van der Waals surface area contributed by atoms with E-state index in [1.807, 2.05) is 53.7 Å². The lowest BCUT2D eigenvalue weighted by Gasteiger charge is -2.06. The van der Waals surface area contributed by atoms with E-state index in [-0.39, 0.29) is 29.8 Å². The molecule has 0 aliphatic rings. The van der Waals surface area contributed by atoms with Crippen LogP contribution in [0.2, 0.25) is 0 Å². The first-order valence-electron chi connectivity index (χ1n) is 42.9. The number of carbonyl (C=O) groups excluding carboxylic acids is 5. The van der Waals surface area contributed by atoms with E-state index in [9.17, 15) is 47.9 Å². The molecule has 0 saturated carbocycles. The lowest BCUT2D eigenvalue weighted by atomic mass is 10.0. The number of rotatable bonds is 42. The van der Waals surface area contributed by atoms with Gasteiger partial charge in [0.15, 0.2) is 0 Å². The zero-order chi connectivity index (χ0) is 85.4. The van der Waals surface area contributed by atoms with Gasteiger partial charge in [-0.05, 0) is 174 Å². The van der Waals surface area contributed by atoms with Crippen LogP contribution in [0.4, 0.5) is 0 Å². The Morgan fingerprint density at radius 2 is 0.449 bits per heavy atom. The quantitative estimate of drug-likeness (QED) is 0.0113. The average Bonchev–Trinajstić information content (AvgIpc) is 0.839. The number of carbonyl (C=O) groups is 5. The number of benzene rings is 5. The van der Waals surface area contributed by atoms with Gasteiger partial charge in [-0.25, -0.2) is 24.0 Å². The van der Waals surface area contributed by atoms with Crippen LogP contribution in [0.5, 0.6) is 28.7 Å². The SMILES string of the molecule is CCC(=O)Oc1ccc2c(C)cc(=O)oc2c1.CCCC(=O)Oc1ccc2c(C)cc(=O)oc2c1.CCCCCCC(=O)Oc1ccc2c(C)cc(=O)oc2c1.CCCCCCCC/C=C/CCCCCCCC(=O)Oc1ccc2c(C)cc(=O)oc2c1.CCCCCCCCCCCCCCCC(=O)Oc1ccc2c(C)cc(=O)oc2c1. The van der Waals surface area contributed by atoms with Gasteiger partial charge in [-0.1, -0.05) is 194 Å². The van der Waals surface area contributed by atoms with Gasteiger partial charge in [-0.15, -0.1) is 0 Å². The van der Waals surface area contributed by atoms with Crippen molar-refractivity contribution >= 4 is 84.7 Å². The van der Waals surface area contributed by atoms with Crippen LogP contribution in [0.25, 0.3) is 54.8 Å². The maximum absolute atomic E-state index is 12.1. The lowest BCUT2D eigenvalue weighted by molar-refractivity contribution is -0.135. The molecule has 0 bridgehead atoms. The molecular formula is C98H124O20. The van der Waals surface area contributed by atoms with Crippen molar-refractivity contribution < 1.29 is 69.7 Å². The van der Waals surface area contributed by atoms with Gasteiger partial charge in [-0.3, -0.25) is 24.0 Å². The highest BCUT2D eigenvalue weighted by molar-refractivity contribution is 5.86. The molecule has 20 nitrogen and oxygen atoms in total. The molecule has 636 valence electrons. The minimum atomic E-state index is -0.408. The van der Waals surface area contributed by atoms with E-state index in [1.54, 1.807) is 85.8 Å². The van der Waals surface area contributed by atoms with Crippen molar-refractivity contribution in [2.24, 2.45) is 0 Å². The number of unbranched alkanes of at least 4 members (excludes halogenated alkanes) is 26. The normalized spacial score (nSPS) is 11.0. The van der Waals surface area contributed by atoms with Crippen molar-refractivity contribution in [2.75, 3.05) is 0 Å². The second-order valence-electron chi connectivity index (χ2n) is 30.1. The first-order valence-corrected chi connectivity index (χ1v) is 42.9. The van der Waals surface area contributed by atoms with E-state index < -0.39 is 28.1 Å². The van der Waals surface area contributed by atoms with Gasteiger partial charge >= 0.3 is 58.0 Å². The summed E-state index contributed by atoms with van der Waals surface area (Å²) < 4.78 is 52.0. The van der Waals surface area contributed by atoms with E-state index in [4.69, 9.17) is 45.8 Å². The van der Waals surface area contributed by atoms with Crippen molar-refractivity contribution in [1.82, 2.24) is 0 Å². The van der Waals surface area contributed by atoms with Crippen molar-refractivity contribution in [3.63, 3.8) is 0 Å². The molecule has 0 amide bonds. The van der Waals surface area contributed by atoms with Gasteiger partial charge in [0.05, 0.1) is 0 Å². The summed E-state index contributed by atoms with van der Waals surface area (Å²) in [6, 6.07) is 32.8. The predicted octanol–water partition coefficient (Wildman–Crippen LogP) is 24.7. The van der Waals surface area contributed by atoms with Gasteiger partial charge in [0.25, 0.3) is 0 Å². The molecule has 10 rings (SSSR count). The number of hydrogen-bond donors (Lipinski definition) is 0. The highest BCUT2D eigenvalue weighted by Gasteiger charge is 2.15. The third kappa shape index (κ3) is 36.4. The van der Waals surface area contributed by atoms with E-state index >= 15 is 0 Å². The Balaban J connectivity index is 0.000000234. The van der Waals surface area contributed by atoms with Crippen molar-refractivity contribution in [3.8, 4) is 28.7 Å². The molecular weight excluding hydrogens is 1500 g/mol. The van der Waals surface area contributed by atoms with Crippen LogP contribution in [0.1, 0.15) is 294 Å². The van der Waals surface area contributed by atoms with Gasteiger partial charge in [0.1, 0.15) is 56.7 Å². The average molecular weight is 1620 g/mol. The van der Waals surface area contributed by atoms with Crippen LogP contribution in [0, 0.1) is 34.6 Å². The minimum Gasteiger partial charge on any atom is -0.426 e. The Hall–Kier alpha value is -10.8. The zero-order valence-corrected chi connectivity index (χ0v) is 71.3. The Morgan fingerprint density at radius 3 is 0.678 bits per heavy atom. The third-order valence-corrected chi connectivity index (χ3v) is 19.9. The molecule has 0 aliphatic carbocycles. The van der Waals surface area contributed by atoms with Crippen LogP contribution in [0.15, 0.2) is 180 Å². The Morgan fingerprint density at radius 1 is 0.246 bits per heavy atom. The van der Waals surface area contributed by atoms with E-state index in [1.165, 1.54) is 159 Å². The van der Waals surface area contributed by atoms with E-state index in [0.717, 1.165) is 125 Å². The molecule has 0 N–H and O–H groups in total. The van der Waals surface area contributed by atoms with Crippen molar-refractivity contribution in [3.05, 3.63) is 213 Å². The van der Waals surface area contributed by atoms with Crippen LogP contribution in [-0.2, 0) is 24.0 Å². The number of hydrogen-bond acceptors (Lipinski definition) is 20. The molecule has 5 aromatic heterocycles. The standard InChI is InChI=1S/C28H40O4.C26H38O4.C17H20O4.C14H14O4.C13H12O4/c1-3-4-5-6-7-8-9-10-11-12-13-14-15-16-17-18-27(29)31-24-19-20-25-23(2)21-28(30)32-26(25)22-24;1-3-4-5-6-7-8-9-10-11-12-13-14-15-16-25(27)29-22-17-18-23-21(2)19-26(28)30-24(23)20-22;1-3-4-5-6-7-16(18)20-13-8-9-14-12(2)10-17(19)21-15(14)11-13;1-3-4-13(15)17-10-5-6-11-9(2)7-14(16)18-12(11)8-10;1-3-12(14)16-9-4-5-10-8(2)6-13(15)17-11(10)7-9/h10-11,19-22H,3-9,12-18H2,1-2H3;17-20H,3-16H2,1-2H3;8-11H,3-7H2,1-2H3;5-8H,3-4H2,1-2H3;4-7H,3H2,1-2H3/b11-10+;;;;. The molecule has 0 unspecified atom stereocenters. The first kappa shape index (κ1) is 96.1. The summed E-state index contributed by atoms with van der Waals surface area (Å²) in [5.41, 5.74) is 4.42. The van der Waals surface area contributed by atoms with Crippen molar-refractivity contribution in [1.29, 1.82) is 0 Å². The van der Waals surface area contributed by atoms with E-state index in [2.05, 4.69) is 32.9 Å². The summed E-state index contributed by atoms with van der Waals surface area (Å²) in [7, 11) is 0. The Bertz CT molecular complexity index is 5140. The lowest BCUT2D eigenvalue weighted by Crippen LogP contribution is -2.07. The summed E-state index contributed by atoms with van der Waals surface area (Å²) in [6.45, 7) is 19.5. The molecule has 5 heterocycles. The van der Waals surface area contributed by atoms with Gasteiger partial charge in [0, 0.05) is 120 Å². The van der Waals surface area contributed by atoms with Crippen LogP contribution in [-0.4, -0.2) is 29.8 Å². The summed E-state index contributed by atoms with van der Waals surface area (Å²) in [5, 5.41) is 4.22. The summed E-state index contributed by atoms with van der Waals surface area (Å²) >= 11 is 0. The van der Waals surface area contributed by atoms with Crippen LogP contribution in [0.3, 0.4) is 0 Å². The molecule has 0 aliphatic heterocycles. The van der Waals surface area contributed by atoms with Gasteiger partial charge in [0.2, 0.25) is 0 Å². The maximum atomic E-state index is 12.1. The topological polar surface area (TPSA) is 283 Å². The molecule has 0 saturated heterocycles. The maximum Gasteiger partial charge on any atom is 0.336 e. The molecule has 0 atom stereocenters. The number of aryl methyl sites for hydroxylation is 5. The summed E-state index contributed by atoms with van der Waals surface area (Å²) in [5.74, 6) is 0.723. The Labute approximate surface area is 693 Å². The van der Waals surface area contributed by atoms with Crippen LogP contribution < -0.4 is 51.8 Å². The van der Waals surface area contributed by atoms with Gasteiger partial charge < -0.3 is 45.8 Å². The zero-order valence-electron chi connectivity index (χ0n) is 71.3. The highest BCUT2D eigenvalue weighted by atomic mass is 16.6. The van der Waals surface area contributed by atoms with Crippen molar-refractivity contribution in [2.45, 2.75) is 300 Å². The Kier molecular flexibility index (Phi) is 44.2. The molecule has 20 heteroatoms.